The van der Waals surface area contributed by atoms with Crippen LogP contribution in [-0.4, -0.2) is 23.4 Å². The molecule has 2 N–H and O–H groups in total. The molecule has 0 atom stereocenters. The molecular formula is C14H24N2O. The summed E-state index contributed by atoms with van der Waals surface area (Å²) < 4.78 is 0. The van der Waals surface area contributed by atoms with Gasteiger partial charge in [-0.05, 0) is 25.2 Å². The Morgan fingerprint density at radius 3 is 2.53 bits per heavy atom. The first kappa shape index (κ1) is 12.5. The fraction of sp³-hybridized carbons (Fsp3) is 0.786. The van der Waals surface area contributed by atoms with Gasteiger partial charge in [0, 0.05) is 23.9 Å². The summed E-state index contributed by atoms with van der Waals surface area (Å²) in [6, 6.07) is 0.480. The highest BCUT2D eigenvalue weighted by atomic mass is 16.2. The number of nitrogens with two attached hydrogens (primary N) is 1. The normalized spacial score (nSPS) is 25.8. The van der Waals surface area contributed by atoms with E-state index < -0.39 is 0 Å². The molecule has 0 radical (unpaired) electrons. The molecule has 0 spiro atoms. The molecule has 1 saturated carbocycles. The van der Waals surface area contributed by atoms with Crippen LogP contribution in [0.5, 0.6) is 0 Å². The molecule has 0 aromatic heterocycles. The molecule has 2 aliphatic rings. The van der Waals surface area contributed by atoms with Gasteiger partial charge in [-0.25, -0.2) is 0 Å². The van der Waals surface area contributed by atoms with Gasteiger partial charge in [0.15, 0.2) is 0 Å². The Morgan fingerprint density at radius 1 is 1.29 bits per heavy atom. The summed E-state index contributed by atoms with van der Waals surface area (Å²) in [7, 11) is 0. The summed E-state index contributed by atoms with van der Waals surface area (Å²) in [6.07, 6.45) is 7.08. The lowest BCUT2D eigenvalue weighted by Gasteiger charge is -2.30. The first-order valence-corrected chi connectivity index (χ1v) is 6.90. The zero-order valence-electron chi connectivity index (χ0n) is 11.0. The predicted octanol–water partition coefficient (Wildman–Crippen LogP) is 2.42. The molecular weight excluding hydrogens is 212 g/mol. The number of carbonyl (C=O) groups excluding carboxylic acids is 1. The number of hydrogen-bond acceptors (Lipinski definition) is 2. The number of likely N-dealkylation sites (tertiary alicyclic amines) is 1. The van der Waals surface area contributed by atoms with Gasteiger partial charge in [-0.3, -0.25) is 4.79 Å². The molecule has 1 aliphatic carbocycles. The Kier molecular flexibility index (Phi) is 3.75. The van der Waals surface area contributed by atoms with Gasteiger partial charge in [0.25, 0.3) is 5.91 Å². The Labute approximate surface area is 104 Å². The van der Waals surface area contributed by atoms with E-state index in [1.165, 1.54) is 32.1 Å². The van der Waals surface area contributed by atoms with Crippen molar-refractivity contribution in [3.05, 3.63) is 11.3 Å². The van der Waals surface area contributed by atoms with Crippen LogP contribution in [0.1, 0.15) is 52.4 Å². The minimum absolute atomic E-state index is 0.211. The molecule has 17 heavy (non-hydrogen) atoms. The molecule has 2 rings (SSSR count). The van der Waals surface area contributed by atoms with Gasteiger partial charge in [-0.15, -0.1) is 0 Å². The Morgan fingerprint density at radius 2 is 1.94 bits per heavy atom. The Hall–Kier alpha value is -0.990. The molecule has 96 valence electrons. The highest BCUT2D eigenvalue weighted by molar-refractivity contribution is 5.96. The van der Waals surface area contributed by atoms with Crippen LogP contribution in [0.25, 0.3) is 0 Å². The van der Waals surface area contributed by atoms with Gasteiger partial charge in [0.05, 0.1) is 0 Å². The zero-order valence-corrected chi connectivity index (χ0v) is 11.0. The first-order valence-electron chi connectivity index (χ1n) is 6.90. The van der Waals surface area contributed by atoms with Gasteiger partial charge in [-0.1, -0.05) is 33.1 Å². The summed E-state index contributed by atoms with van der Waals surface area (Å²) in [5, 5.41) is 0. The van der Waals surface area contributed by atoms with Gasteiger partial charge in [0.2, 0.25) is 0 Å². The molecule has 1 saturated heterocycles. The summed E-state index contributed by atoms with van der Waals surface area (Å²) in [6.45, 7) is 4.99. The molecule has 3 nitrogen and oxygen atoms in total. The van der Waals surface area contributed by atoms with E-state index >= 15 is 0 Å². The van der Waals surface area contributed by atoms with E-state index in [2.05, 4.69) is 18.7 Å². The molecule has 0 aromatic rings. The van der Waals surface area contributed by atoms with Gasteiger partial charge in [-0.2, -0.15) is 0 Å². The third-order valence-corrected chi connectivity index (χ3v) is 4.11. The molecule has 1 aliphatic heterocycles. The van der Waals surface area contributed by atoms with Crippen molar-refractivity contribution in [3.63, 3.8) is 0 Å². The van der Waals surface area contributed by atoms with Crippen LogP contribution in [0.15, 0.2) is 11.3 Å². The van der Waals surface area contributed by atoms with Crippen LogP contribution in [0.2, 0.25) is 0 Å². The minimum Gasteiger partial charge on any atom is -0.401 e. The monoisotopic (exact) mass is 236 g/mol. The lowest BCUT2D eigenvalue weighted by atomic mass is 9.94. The largest absolute Gasteiger partial charge is 0.401 e. The van der Waals surface area contributed by atoms with Crippen molar-refractivity contribution >= 4 is 5.91 Å². The summed E-state index contributed by atoms with van der Waals surface area (Å²) in [5.41, 5.74) is 7.72. The van der Waals surface area contributed by atoms with Crippen LogP contribution >= 0.6 is 0 Å². The number of allylic oxidation sites excluding steroid dienone is 1. The van der Waals surface area contributed by atoms with E-state index in [4.69, 9.17) is 5.73 Å². The highest BCUT2D eigenvalue weighted by Crippen LogP contribution is 2.29. The Balaban J connectivity index is 2.09. The third-order valence-electron chi connectivity index (χ3n) is 4.11. The average molecular weight is 236 g/mol. The SMILES string of the molecule is CC(C)/C(N)=C1/CCN(C2CCCCC2)C1=O. The van der Waals surface area contributed by atoms with Crippen molar-refractivity contribution in [2.45, 2.75) is 58.4 Å². The standard InChI is InChI=1S/C14H24N2O/c1-10(2)13(15)12-8-9-16(14(12)17)11-6-4-3-5-7-11/h10-11H,3-9,15H2,1-2H3/b13-12+. The van der Waals surface area contributed by atoms with E-state index in [1.807, 2.05) is 0 Å². The molecule has 0 aromatic carbocycles. The zero-order chi connectivity index (χ0) is 12.4. The summed E-state index contributed by atoms with van der Waals surface area (Å²) in [5.74, 6) is 0.489. The number of amides is 1. The van der Waals surface area contributed by atoms with E-state index in [0.717, 1.165) is 24.2 Å². The van der Waals surface area contributed by atoms with Crippen molar-refractivity contribution in [3.8, 4) is 0 Å². The Bertz CT molecular complexity index is 327. The van der Waals surface area contributed by atoms with Crippen LogP contribution < -0.4 is 5.73 Å². The number of carbonyl (C=O) groups is 1. The van der Waals surface area contributed by atoms with E-state index in [9.17, 15) is 4.79 Å². The van der Waals surface area contributed by atoms with Crippen LogP contribution in [0.3, 0.4) is 0 Å². The molecule has 1 amide bonds. The lowest BCUT2D eigenvalue weighted by molar-refractivity contribution is -0.127. The second-order valence-electron chi connectivity index (χ2n) is 5.63. The smallest absolute Gasteiger partial charge is 0.251 e. The molecule has 0 unspecified atom stereocenters. The van der Waals surface area contributed by atoms with Gasteiger partial charge >= 0.3 is 0 Å². The summed E-state index contributed by atoms with van der Waals surface area (Å²) >= 11 is 0. The predicted molar refractivity (Wildman–Crippen MR) is 69.3 cm³/mol. The second kappa shape index (κ2) is 5.11. The number of nitrogens with zero attached hydrogens (tertiary/aromatic N) is 1. The first-order chi connectivity index (χ1) is 8.11. The maximum atomic E-state index is 12.3. The van der Waals surface area contributed by atoms with Gasteiger partial charge in [0.1, 0.15) is 0 Å². The topological polar surface area (TPSA) is 46.3 Å². The van der Waals surface area contributed by atoms with Crippen LogP contribution in [0, 0.1) is 5.92 Å². The minimum atomic E-state index is 0.211. The number of hydrogen-bond donors (Lipinski definition) is 1. The van der Waals surface area contributed by atoms with Crippen molar-refractivity contribution in [2.75, 3.05) is 6.54 Å². The third kappa shape index (κ3) is 2.48. The molecule has 1 heterocycles. The molecule has 3 heteroatoms. The lowest BCUT2D eigenvalue weighted by Crippen LogP contribution is -2.38. The highest BCUT2D eigenvalue weighted by Gasteiger charge is 2.33. The average Bonchev–Trinajstić information content (AvgIpc) is 2.71. The van der Waals surface area contributed by atoms with Crippen molar-refractivity contribution in [2.24, 2.45) is 11.7 Å². The van der Waals surface area contributed by atoms with Crippen molar-refractivity contribution in [1.82, 2.24) is 4.90 Å². The van der Waals surface area contributed by atoms with Crippen LogP contribution in [0.4, 0.5) is 0 Å². The quantitative estimate of drug-likeness (QED) is 0.748. The fourth-order valence-electron chi connectivity index (χ4n) is 2.97. The maximum absolute atomic E-state index is 12.3. The van der Waals surface area contributed by atoms with Crippen molar-refractivity contribution < 1.29 is 4.79 Å². The van der Waals surface area contributed by atoms with E-state index in [0.29, 0.717) is 6.04 Å². The summed E-state index contributed by atoms with van der Waals surface area (Å²) in [4.78, 5) is 14.4. The second-order valence-corrected chi connectivity index (χ2v) is 5.63. The molecule has 2 fully saturated rings. The van der Waals surface area contributed by atoms with Gasteiger partial charge < -0.3 is 10.6 Å². The fourth-order valence-corrected chi connectivity index (χ4v) is 2.97. The molecule has 0 bridgehead atoms. The van der Waals surface area contributed by atoms with E-state index in [1.54, 1.807) is 0 Å². The van der Waals surface area contributed by atoms with E-state index in [-0.39, 0.29) is 11.8 Å². The van der Waals surface area contributed by atoms with Crippen molar-refractivity contribution in [1.29, 1.82) is 0 Å². The number of rotatable bonds is 2. The maximum Gasteiger partial charge on any atom is 0.251 e. The van der Waals surface area contributed by atoms with Crippen LogP contribution in [-0.2, 0) is 4.79 Å².